The molecule has 1 N–H and O–H groups in total. The third-order valence-corrected chi connectivity index (χ3v) is 4.97. The van der Waals surface area contributed by atoms with Crippen LogP contribution in [0.1, 0.15) is 28.1 Å². The van der Waals surface area contributed by atoms with Crippen molar-refractivity contribution in [3.63, 3.8) is 0 Å². The van der Waals surface area contributed by atoms with Crippen molar-refractivity contribution in [1.82, 2.24) is 9.88 Å². The molecule has 0 aliphatic heterocycles. The average Bonchev–Trinajstić information content (AvgIpc) is 3.02. The van der Waals surface area contributed by atoms with Crippen LogP contribution in [0, 0.1) is 0 Å². The number of nitrogens with zero attached hydrogens (tertiary/aromatic N) is 1. The Morgan fingerprint density at radius 3 is 2.85 bits per heavy atom. The van der Waals surface area contributed by atoms with Crippen LogP contribution in [0.2, 0.25) is 0 Å². The summed E-state index contributed by atoms with van der Waals surface area (Å²) in [6.45, 7) is 0.602. The lowest BCUT2D eigenvalue weighted by Crippen LogP contribution is -2.36. The zero-order valence-corrected chi connectivity index (χ0v) is 12.1. The number of carbonyl (C=O) groups excluding carboxylic acids is 1. The summed E-state index contributed by atoms with van der Waals surface area (Å²) in [6.07, 6.45) is 3.84. The smallest absolute Gasteiger partial charge is 0.263 e. The molecule has 5 heteroatoms. The highest BCUT2D eigenvalue weighted by Gasteiger charge is 2.45. The van der Waals surface area contributed by atoms with Gasteiger partial charge in [-0.1, -0.05) is 6.07 Å². The van der Waals surface area contributed by atoms with E-state index in [4.69, 9.17) is 0 Å². The number of carbonyl (C=O) groups is 1. The lowest BCUT2D eigenvalue weighted by Gasteiger charge is -2.14. The summed E-state index contributed by atoms with van der Waals surface area (Å²) < 4.78 is 1.42. The molecule has 3 rings (SSSR count). The van der Waals surface area contributed by atoms with E-state index in [1.54, 1.807) is 36.7 Å². The highest BCUT2D eigenvalue weighted by molar-refractivity contribution is 7.10. The summed E-state index contributed by atoms with van der Waals surface area (Å²) in [5.41, 5.74) is 0.0482. The summed E-state index contributed by atoms with van der Waals surface area (Å²) in [6, 6.07) is 7.44. The van der Waals surface area contributed by atoms with Gasteiger partial charge in [0.25, 0.3) is 11.5 Å². The van der Waals surface area contributed by atoms with Gasteiger partial charge >= 0.3 is 0 Å². The molecule has 20 heavy (non-hydrogen) atoms. The van der Waals surface area contributed by atoms with Crippen molar-refractivity contribution < 1.29 is 4.79 Å². The highest BCUT2D eigenvalue weighted by atomic mass is 32.1. The van der Waals surface area contributed by atoms with Gasteiger partial charge in [0.15, 0.2) is 0 Å². The average molecular weight is 288 g/mol. The van der Waals surface area contributed by atoms with Gasteiger partial charge < -0.3 is 9.88 Å². The SMILES string of the molecule is Cn1cccc(C(=O)NCC2(c3cccs3)CC2)c1=O. The van der Waals surface area contributed by atoms with Crippen molar-refractivity contribution in [1.29, 1.82) is 0 Å². The van der Waals surface area contributed by atoms with Crippen molar-refractivity contribution in [2.45, 2.75) is 18.3 Å². The molecule has 0 bridgehead atoms. The van der Waals surface area contributed by atoms with Crippen LogP contribution in [0.5, 0.6) is 0 Å². The molecule has 2 heterocycles. The second-order valence-corrected chi connectivity index (χ2v) is 6.23. The van der Waals surface area contributed by atoms with Crippen molar-refractivity contribution in [2.75, 3.05) is 6.54 Å². The van der Waals surface area contributed by atoms with Crippen molar-refractivity contribution in [3.8, 4) is 0 Å². The number of pyridine rings is 1. The van der Waals surface area contributed by atoms with Crippen molar-refractivity contribution in [3.05, 3.63) is 56.6 Å². The van der Waals surface area contributed by atoms with E-state index in [0.717, 1.165) is 12.8 Å². The molecule has 0 radical (unpaired) electrons. The molecule has 1 aliphatic carbocycles. The molecule has 104 valence electrons. The first-order chi connectivity index (χ1) is 9.62. The fourth-order valence-corrected chi connectivity index (χ4v) is 3.34. The number of aromatic nitrogens is 1. The minimum Gasteiger partial charge on any atom is -0.351 e. The Hall–Kier alpha value is -1.88. The maximum atomic E-state index is 12.1. The van der Waals surface area contributed by atoms with Crippen LogP contribution >= 0.6 is 11.3 Å². The largest absolute Gasteiger partial charge is 0.351 e. The van der Waals surface area contributed by atoms with Crippen LogP contribution in [-0.4, -0.2) is 17.0 Å². The number of hydrogen-bond acceptors (Lipinski definition) is 3. The van der Waals surface area contributed by atoms with Gasteiger partial charge in [0, 0.05) is 30.1 Å². The molecule has 0 aromatic carbocycles. The molecule has 1 amide bonds. The molecule has 2 aromatic rings. The second kappa shape index (κ2) is 4.90. The molecule has 0 unspecified atom stereocenters. The number of thiophene rings is 1. The molecular weight excluding hydrogens is 272 g/mol. The van der Waals surface area contributed by atoms with Crippen LogP contribution in [0.4, 0.5) is 0 Å². The lowest BCUT2D eigenvalue weighted by molar-refractivity contribution is 0.0948. The van der Waals surface area contributed by atoms with E-state index in [1.807, 2.05) is 6.07 Å². The van der Waals surface area contributed by atoms with Crippen LogP contribution < -0.4 is 10.9 Å². The molecular formula is C15H16N2O2S. The Morgan fingerprint density at radius 1 is 1.40 bits per heavy atom. The van der Waals surface area contributed by atoms with Crippen LogP contribution in [0.15, 0.2) is 40.6 Å². The zero-order valence-electron chi connectivity index (χ0n) is 11.3. The minimum absolute atomic E-state index is 0.101. The van der Waals surface area contributed by atoms with E-state index in [2.05, 4.69) is 16.8 Å². The maximum absolute atomic E-state index is 12.1. The van der Waals surface area contributed by atoms with Crippen LogP contribution in [0.25, 0.3) is 0 Å². The van der Waals surface area contributed by atoms with E-state index in [-0.39, 0.29) is 22.4 Å². The summed E-state index contributed by atoms with van der Waals surface area (Å²) in [7, 11) is 1.65. The van der Waals surface area contributed by atoms with E-state index in [1.165, 1.54) is 9.44 Å². The van der Waals surface area contributed by atoms with E-state index in [0.29, 0.717) is 6.54 Å². The van der Waals surface area contributed by atoms with Crippen molar-refractivity contribution in [2.24, 2.45) is 7.05 Å². The molecule has 1 fully saturated rings. The van der Waals surface area contributed by atoms with E-state index < -0.39 is 0 Å². The summed E-state index contributed by atoms with van der Waals surface area (Å²) in [5.74, 6) is -0.283. The fraction of sp³-hybridized carbons (Fsp3) is 0.333. The predicted molar refractivity (Wildman–Crippen MR) is 79.2 cm³/mol. The third kappa shape index (κ3) is 2.29. The standard InChI is InChI=1S/C15H16N2O2S/c1-17-8-2-4-11(14(17)19)13(18)16-10-15(6-7-15)12-5-3-9-20-12/h2-5,8-9H,6-7,10H2,1H3,(H,16,18). The number of nitrogens with one attached hydrogen (secondary N) is 1. The Kier molecular flexibility index (Phi) is 3.22. The molecule has 0 saturated heterocycles. The maximum Gasteiger partial charge on any atom is 0.263 e. The monoisotopic (exact) mass is 288 g/mol. The highest BCUT2D eigenvalue weighted by Crippen LogP contribution is 2.49. The second-order valence-electron chi connectivity index (χ2n) is 5.28. The quantitative estimate of drug-likeness (QED) is 0.934. The number of aryl methyl sites for hydroxylation is 1. The summed E-state index contributed by atoms with van der Waals surface area (Å²) in [4.78, 5) is 25.3. The zero-order chi connectivity index (χ0) is 14.2. The number of hydrogen-bond donors (Lipinski definition) is 1. The van der Waals surface area contributed by atoms with Gasteiger partial charge in [-0.25, -0.2) is 0 Å². The molecule has 2 aromatic heterocycles. The van der Waals surface area contributed by atoms with E-state index >= 15 is 0 Å². The molecule has 0 atom stereocenters. The first kappa shape index (κ1) is 13.1. The van der Waals surface area contributed by atoms with Crippen molar-refractivity contribution >= 4 is 17.2 Å². The molecule has 0 spiro atoms. The Bertz CT molecular complexity index is 684. The molecule has 1 saturated carbocycles. The first-order valence-electron chi connectivity index (χ1n) is 6.60. The number of amides is 1. The first-order valence-corrected chi connectivity index (χ1v) is 7.48. The lowest BCUT2D eigenvalue weighted by atomic mass is 10.1. The van der Waals surface area contributed by atoms with Gasteiger partial charge in [-0.15, -0.1) is 11.3 Å². The van der Waals surface area contributed by atoms with E-state index in [9.17, 15) is 9.59 Å². The summed E-state index contributed by atoms with van der Waals surface area (Å²) in [5, 5.41) is 4.97. The normalized spacial score (nSPS) is 15.8. The van der Waals surface area contributed by atoms with Gasteiger partial charge in [0.1, 0.15) is 5.56 Å². The Balaban J connectivity index is 1.72. The molecule has 4 nitrogen and oxygen atoms in total. The Labute approximate surface area is 121 Å². The number of rotatable bonds is 4. The fourth-order valence-electron chi connectivity index (χ4n) is 2.36. The van der Waals surface area contributed by atoms with Gasteiger partial charge in [-0.3, -0.25) is 9.59 Å². The molecule has 1 aliphatic rings. The van der Waals surface area contributed by atoms with Crippen LogP contribution in [0.3, 0.4) is 0 Å². The summed E-state index contributed by atoms with van der Waals surface area (Å²) >= 11 is 1.73. The van der Waals surface area contributed by atoms with Gasteiger partial charge in [0.05, 0.1) is 0 Å². The van der Waals surface area contributed by atoms with Crippen LogP contribution in [-0.2, 0) is 12.5 Å². The topological polar surface area (TPSA) is 51.1 Å². The third-order valence-electron chi connectivity index (χ3n) is 3.85. The Morgan fingerprint density at radius 2 is 2.20 bits per heavy atom. The van der Waals surface area contributed by atoms with Gasteiger partial charge in [-0.05, 0) is 36.4 Å². The van der Waals surface area contributed by atoms with Gasteiger partial charge in [-0.2, -0.15) is 0 Å². The van der Waals surface area contributed by atoms with Gasteiger partial charge in [0.2, 0.25) is 0 Å². The predicted octanol–water partition coefficient (Wildman–Crippen LogP) is 1.91. The minimum atomic E-state index is -0.283.